The van der Waals surface area contributed by atoms with E-state index in [4.69, 9.17) is 0 Å². The van der Waals surface area contributed by atoms with Gasteiger partial charge >= 0.3 is 0 Å². The summed E-state index contributed by atoms with van der Waals surface area (Å²) >= 11 is 1.57. The topological polar surface area (TPSA) is 29.4 Å². The summed E-state index contributed by atoms with van der Waals surface area (Å²) in [5, 5.41) is 0.424. The number of Topliss-reactive ketones (excluding diaryl/α,β-unsaturated/α-hetero) is 1. The first-order valence-corrected chi connectivity index (χ1v) is 4.71. The number of hydrogen-bond acceptors (Lipinski definition) is 3. The summed E-state index contributed by atoms with van der Waals surface area (Å²) in [4.78, 5) is 11.0. The molecule has 0 aromatic rings. The van der Waals surface area contributed by atoms with E-state index in [1.165, 1.54) is 0 Å². The van der Waals surface area contributed by atoms with Crippen LogP contribution in [0.1, 0.15) is 6.92 Å². The van der Waals surface area contributed by atoms with Gasteiger partial charge in [0, 0.05) is 17.7 Å². The maximum absolute atomic E-state index is 11.0. The Morgan fingerprint density at radius 2 is 2.50 bits per heavy atom. The Morgan fingerprint density at radius 3 is 3.25 bits per heavy atom. The van der Waals surface area contributed by atoms with Crippen LogP contribution in [0.15, 0.2) is 28.2 Å². The smallest absolute Gasteiger partial charge is 0.159 e. The molecule has 2 atom stereocenters. The zero-order valence-corrected chi connectivity index (χ0v) is 7.54. The number of carbonyl (C=O) groups is 1. The van der Waals surface area contributed by atoms with Crippen molar-refractivity contribution >= 4 is 23.9 Å². The largest absolute Gasteiger partial charge is 0.295 e. The van der Waals surface area contributed by atoms with Gasteiger partial charge in [-0.15, -0.1) is 0 Å². The molecule has 12 heavy (non-hydrogen) atoms. The van der Waals surface area contributed by atoms with Gasteiger partial charge in [0.15, 0.2) is 5.78 Å². The Balaban J connectivity index is 2.25. The van der Waals surface area contributed by atoms with Crippen LogP contribution in [0.5, 0.6) is 0 Å². The van der Waals surface area contributed by atoms with E-state index in [0.717, 1.165) is 5.57 Å². The van der Waals surface area contributed by atoms with Crippen molar-refractivity contribution in [2.24, 2.45) is 10.3 Å². The van der Waals surface area contributed by atoms with Crippen molar-refractivity contribution in [1.29, 1.82) is 0 Å². The first-order valence-electron chi connectivity index (χ1n) is 3.87. The minimum Gasteiger partial charge on any atom is -0.295 e. The summed E-state index contributed by atoms with van der Waals surface area (Å²) in [6.45, 7) is 1.59. The molecule has 2 rings (SSSR count). The van der Waals surface area contributed by atoms with Crippen LogP contribution in [-0.4, -0.2) is 17.2 Å². The Hall–Kier alpha value is -0.830. The van der Waals surface area contributed by atoms with E-state index in [9.17, 15) is 4.79 Å². The van der Waals surface area contributed by atoms with Crippen molar-refractivity contribution < 1.29 is 4.79 Å². The van der Waals surface area contributed by atoms with Gasteiger partial charge in [-0.25, -0.2) is 4.40 Å². The molecule has 0 spiro atoms. The van der Waals surface area contributed by atoms with E-state index in [0.29, 0.717) is 11.2 Å². The molecule has 2 aliphatic rings. The molecule has 2 unspecified atom stereocenters. The fourth-order valence-corrected chi connectivity index (χ4v) is 2.12. The molecule has 0 saturated carbocycles. The number of carbonyl (C=O) groups excluding carboxylic acids is 1. The zero-order valence-electron chi connectivity index (χ0n) is 6.73. The van der Waals surface area contributed by atoms with E-state index in [1.807, 2.05) is 18.4 Å². The standard InChI is InChI=1S/C9H9NOS/c1-6(11)7-2-3-9-8(4-7)5-10-12-9/h2-5,8-9H,1H3. The molecular formula is C9H9NOS. The van der Waals surface area contributed by atoms with E-state index in [-0.39, 0.29) is 5.78 Å². The zero-order chi connectivity index (χ0) is 8.55. The summed E-state index contributed by atoms with van der Waals surface area (Å²) in [6, 6.07) is 0. The summed E-state index contributed by atoms with van der Waals surface area (Å²) < 4.78 is 4.11. The van der Waals surface area contributed by atoms with E-state index in [1.54, 1.807) is 18.9 Å². The van der Waals surface area contributed by atoms with Gasteiger partial charge in [-0.2, -0.15) is 0 Å². The minimum absolute atomic E-state index is 0.134. The first-order chi connectivity index (χ1) is 5.77. The molecule has 1 aliphatic heterocycles. The highest BCUT2D eigenvalue weighted by Gasteiger charge is 2.24. The van der Waals surface area contributed by atoms with Crippen LogP contribution in [0.2, 0.25) is 0 Å². The average Bonchev–Trinajstić information content (AvgIpc) is 2.49. The van der Waals surface area contributed by atoms with Crippen molar-refractivity contribution in [2.75, 3.05) is 0 Å². The molecule has 0 aromatic heterocycles. The van der Waals surface area contributed by atoms with Crippen LogP contribution in [0.4, 0.5) is 0 Å². The van der Waals surface area contributed by atoms with Gasteiger partial charge in [-0.05, 0) is 18.9 Å². The van der Waals surface area contributed by atoms with Crippen molar-refractivity contribution in [3.63, 3.8) is 0 Å². The highest BCUT2D eigenvalue weighted by Crippen LogP contribution is 2.32. The molecule has 0 aromatic carbocycles. The molecule has 0 N–H and O–H groups in total. The molecule has 62 valence electrons. The normalized spacial score (nSPS) is 31.6. The summed E-state index contributed by atoms with van der Waals surface area (Å²) in [6.07, 6.45) is 7.85. The number of nitrogens with zero attached hydrogens (tertiary/aromatic N) is 1. The second-order valence-corrected chi connectivity index (χ2v) is 3.91. The van der Waals surface area contributed by atoms with Crippen molar-refractivity contribution in [1.82, 2.24) is 0 Å². The second kappa shape index (κ2) is 2.90. The predicted octanol–water partition coefficient (Wildman–Crippen LogP) is 1.79. The SMILES string of the molecule is CC(=O)C1=CC2C=NSC2C=C1. The minimum atomic E-state index is 0.134. The van der Waals surface area contributed by atoms with E-state index in [2.05, 4.69) is 10.5 Å². The Morgan fingerprint density at radius 1 is 1.67 bits per heavy atom. The summed E-state index contributed by atoms with van der Waals surface area (Å²) in [5.74, 6) is 0.467. The van der Waals surface area contributed by atoms with Gasteiger partial charge < -0.3 is 0 Å². The molecule has 0 radical (unpaired) electrons. The van der Waals surface area contributed by atoms with Crippen molar-refractivity contribution in [3.8, 4) is 0 Å². The number of hydrogen-bond donors (Lipinski definition) is 0. The van der Waals surface area contributed by atoms with Gasteiger partial charge in [0.2, 0.25) is 0 Å². The molecule has 0 bridgehead atoms. The average molecular weight is 179 g/mol. The van der Waals surface area contributed by atoms with Crippen LogP contribution in [0.25, 0.3) is 0 Å². The van der Waals surface area contributed by atoms with Crippen LogP contribution in [-0.2, 0) is 4.79 Å². The maximum atomic E-state index is 11.0. The lowest BCUT2D eigenvalue weighted by Gasteiger charge is -2.14. The van der Waals surface area contributed by atoms with Gasteiger partial charge in [0.05, 0.1) is 5.25 Å². The highest BCUT2D eigenvalue weighted by atomic mass is 32.2. The molecule has 0 fully saturated rings. The number of allylic oxidation sites excluding steroid dienone is 3. The summed E-state index contributed by atoms with van der Waals surface area (Å²) in [5.41, 5.74) is 0.810. The van der Waals surface area contributed by atoms with Crippen molar-refractivity contribution in [2.45, 2.75) is 12.2 Å². The van der Waals surface area contributed by atoms with Gasteiger partial charge in [-0.1, -0.05) is 18.2 Å². The van der Waals surface area contributed by atoms with Crippen LogP contribution in [0, 0.1) is 5.92 Å². The monoisotopic (exact) mass is 179 g/mol. The lowest BCUT2D eigenvalue weighted by Crippen LogP contribution is -2.14. The molecular weight excluding hydrogens is 170 g/mol. The lowest BCUT2D eigenvalue weighted by molar-refractivity contribution is -0.113. The number of rotatable bonds is 1. The first kappa shape index (κ1) is 7.80. The van der Waals surface area contributed by atoms with Crippen LogP contribution in [0.3, 0.4) is 0 Å². The Kier molecular flexibility index (Phi) is 1.89. The van der Waals surface area contributed by atoms with E-state index < -0.39 is 0 Å². The third-order valence-corrected chi connectivity index (χ3v) is 3.00. The van der Waals surface area contributed by atoms with Gasteiger partial charge in [0.1, 0.15) is 0 Å². The molecule has 0 saturated heterocycles. The quantitative estimate of drug-likeness (QED) is 0.574. The molecule has 0 amide bonds. The third kappa shape index (κ3) is 1.25. The lowest BCUT2D eigenvalue weighted by atomic mass is 9.95. The second-order valence-electron chi connectivity index (χ2n) is 2.94. The van der Waals surface area contributed by atoms with Gasteiger partial charge in [0.25, 0.3) is 0 Å². The van der Waals surface area contributed by atoms with Crippen molar-refractivity contribution in [3.05, 3.63) is 23.8 Å². The fraction of sp³-hybridized carbons (Fsp3) is 0.333. The van der Waals surface area contributed by atoms with Gasteiger partial charge in [-0.3, -0.25) is 4.79 Å². The Bertz CT molecular complexity index is 304. The third-order valence-electron chi connectivity index (χ3n) is 2.04. The van der Waals surface area contributed by atoms with Crippen LogP contribution >= 0.6 is 11.9 Å². The molecule has 2 nitrogen and oxygen atoms in total. The molecule has 3 heteroatoms. The van der Waals surface area contributed by atoms with Crippen LogP contribution < -0.4 is 0 Å². The molecule has 1 heterocycles. The highest BCUT2D eigenvalue weighted by molar-refractivity contribution is 7.99. The molecule has 1 aliphatic carbocycles. The number of ketones is 1. The Labute approximate surface area is 75.6 Å². The number of fused-ring (bicyclic) bond motifs is 1. The predicted molar refractivity (Wildman–Crippen MR) is 51.3 cm³/mol. The van der Waals surface area contributed by atoms with E-state index >= 15 is 0 Å². The maximum Gasteiger partial charge on any atom is 0.159 e. The fourth-order valence-electron chi connectivity index (χ4n) is 1.33. The summed E-state index contributed by atoms with van der Waals surface area (Å²) in [7, 11) is 0.